The van der Waals surface area contributed by atoms with Gasteiger partial charge in [0.1, 0.15) is 0 Å². The van der Waals surface area contributed by atoms with Gasteiger partial charge >= 0.3 is 0 Å². The quantitative estimate of drug-likeness (QED) is 0.704. The Balaban J connectivity index is 1.59. The van der Waals surface area contributed by atoms with Gasteiger partial charge in [0.25, 0.3) is 0 Å². The molecule has 1 heterocycles. The molecule has 1 aliphatic rings. The number of carbonyl (C=O) groups is 1. The highest BCUT2D eigenvalue weighted by Gasteiger charge is 2.16. The molecule has 0 atom stereocenters. The average Bonchev–Trinajstić information content (AvgIpc) is 3.17. The van der Waals surface area contributed by atoms with Crippen molar-refractivity contribution in [1.82, 2.24) is 4.90 Å². The third kappa shape index (κ3) is 4.72. The Hall–Kier alpha value is -1.71. The molecule has 1 fully saturated rings. The molecule has 138 valence electrons. The number of rotatable bonds is 6. The van der Waals surface area contributed by atoms with Gasteiger partial charge in [0.15, 0.2) is 0 Å². The summed E-state index contributed by atoms with van der Waals surface area (Å²) in [5.41, 5.74) is 3.51. The van der Waals surface area contributed by atoms with Gasteiger partial charge in [-0.15, -0.1) is 0 Å². The molecule has 0 saturated carbocycles. The molecule has 0 aliphatic carbocycles. The number of anilines is 1. The average molecular weight is 391 g/mol. The first-order valence-corrected chi connectivity index (χ1v) is 9.81. The molecule has 0 radical (unpaired) electrons. The number of para-hydroxylation sites is 1. The Morgan fingerprint density at radius 1 is 1.08 bits per heavy atom. The van der Waals surface area contributed by atoms with Crippen LogP contribution in [0, 0.1) is 0 Å². The second-order valence-corrected chi connectivity index (χ2v) is 7.63. The highest BCUT2D eigenvalue weighted by molar-refractivity contribution is 6.42. The predicted octanol–water partition coefficient (Wildman–Crippen LogP) is 4.84. The van der Waals surface area contributed by atoms with Crippen LogP contribution in [-0.4, -0.2) is 37.5 Å². The predicted molar refractivity (Wildman–Crippen MR) is 109 cm³/mol. The van der Waals surface area contributed by atoms with E-state index in [2.05, 4.69) is 29.2 Å². The van der Waals surface area contributed by atoms with Gasteiger partial charge in [-0.3, -0.25) is 4.79 Å². The second-order valence-electron chi connectivity index (χ2n) is 6.81. The Morgan fingerprint density at radius 2 is 1.81 bits per heavy atom. The van der Waals surface area contributed by atoms with Gasteiger partial charge in [-0.2, -0.15) is 0 Å². The van der Waals surface area contributed by atoms with E-state index in [0.717, 1.165) is 25.1 Å². The first-order valence-electron chi connectivity index (χ1n) is 9.05. The molecule has 1 saturated heterocycles. The summed E-state index contributed by atoms with van der Waals surface area (Å²) in [5.74, 6) is 0.0852. The number of hydrogen-bond acceptors (Lipinski definition) is 2. The van der Waals surface area contributed by atoms with E-state index in [1.807, 2.05) is 13.1 Å². The highest BCUT2D eigenvalue weighted by atomic mass is 35.5. The number of halogens is 2. The highest BCUT2D eigenvalue weighted by Crippen LogP contribution is 2.25. The van der Waals surface area contributed by atoms with Crippen molar-refractivity contribution in [3.8, 4) is 0 Å². The monoisotopic (exact) mass is 390 g/mol. The van der Waals surface area contributed by atoms with E-state index < -0.39 is 0 Å². The van der Waals surface area contributed by atoms with Crippen LogP contribution in [0.2, 0.25) is 10.0 Å². The van der Waals surface area contributed by atoms with Crippen molar-refractivity contribution in [3.63, 3.8) is 0 Å². The molecule has 2 aromatic carbocycles. The molecule has 5 heteroatoms. The normalized spacial score (nSPS) is 13.9. The van der Waals surface area contributed by atoms with Gasteiger partial charge in [-0.25, -0.2) is 0 Å². The van der Waals surface area contributed by atoms with Crippen LogP contribution in [0.3, 0.4) is 0 Å². The van der Waals surface area contributed by atoms with Crippen molar-refractivity contribution in [2.45, 2.75) is 25.7 Å². The molecule has 0 aromatic heterocycles. The topological polar surface area (TPSA) is 23.6 Å². The molecule has 3 nitrogen and oxygen atoms in total. The first kappa shape index (κ1) is 19.1. The zero-order valence-electron chi connectivity index (χ0n) is 15.0. The van der Waals surface area contributed by atoms with E-state index in [-0.39, 0.29) is 5.91 Å². The third-order valence-corrected chi connectivity index (χ3v) is 5.66. The molecule has 0 bridgehead atoms. The summed E-state index contributed by atoms with van der Waals surface area (Å²) >= 11 is 12.0. The number of nitrogens with zero attached hydrogens (tertiary/aromatic N) is 2. The molecule has 1 amide bonds. The maximum atomic E-state index is 12.5. The van der Waals surface area contributed by atoms with Crippen molar-refractivity contribution in [1.29, 1.82) is 0 Å². The Kier molecular flexibility index (Phi) is 6.44. The van der Waals surface area contributed by atoms with E-state index in [1.165, 1.54) is 24.1 Å². The number of benzene rings is 2. The van der Waals surface area contributed by atoms with E-state index >= 15 is 0 Å². The maximum Gasteiger partial charge on any atom is 0.226 e. The summed E-state index contributed by atoms with van der Waals surface area (Å²) in [6.45, 7) is 2.96. The summed E-state index contributed by atoms with van der Waals surface area (Å²) in [7, 11) is 1.86. The van der Waals surface area contributed by atoms with Crippen molar-refractivity contribution < 1.29 is 4.79 Å². The van der Waals surface area contributed by atoms with Gasteiger partial charge < -0.3 is 9.80 Å². The van der Waals surface area contributed by atoms with E-state index in [4.69, 9.17) is 23.2 Å². The zero-order chi connectivity index (χ0) is 18.5. The van der Waals surface area contributed by atoms with Gasteiger partial charge in [0, 0.05) is 32.4 Å². The molecule has 26 heavy (non-hydrogen) atoms. The Bertz CT molecular complexity index is 772. The molecule has 1 aliphatic heterocycles. The molecule has 0 unspecified atom stereocenters. The van der Waals surface area contributed by atoms with Crippen molar-refractivity contribution in [2.75, 3.05) is 31.6 Å². The van der Waals surface area contributed by atoms with Gasteiger partial charge in [0.05, 0.1) is 16.5 Å². The minimum Gasteiger partial charge on any atom is -0.371 e. The molecule has 3 rings (SSSR count). The summed E-state index contributed by atoms with van der Waals surface area (Å²) in [6.07, 6.45) is 3.71. The summed E-state index contributed by atoms with van der Waals surface area (Å²) in [6, 6.07) is 13.9. The van der Waals surface area contributed by atoms with Gasteiger partial charge in [-0.05, 0) is 48.6 Å². The SMILES string of the molecule is CN(CCc1ccccc1N1CCCC1)C(=O)Cc1ccc(Cl)c(Cl)c1. The molecular formula is C21H24Cl2N2O. The minimum absolute atomic E-state index is 0.0852. The summed E-state index contributed by atoms with van der Waals surface area (Å²) in [5, 5.41) is 0.994. The fourth-order valence-corrected chi connectivity index (χ4v) is 3.68. The standard InChI is InChI=1S/C21H24Cl2N2O/c1-24(21(26)15-16-8-9-18(22)19(23)14-16)13-10-17-6-2-3-7-20(17)25-11-4-5-12-25/h2-3,6-9,14H,4-5,10-13,15H2,1H3. The van der Waals surface area contributed by atoms with Crippen LogP contribution in [-0.2, 0) is 17.6 Å². The number of hydrogen-bond donors (Lipinski definition) is 0. The Labute approximate surface area is 165 Å². The lowest BCUT2D eigenvalue weighted by Gasteiger charge is -2.23. The van der Waals surface area contributed by atoms with Crippen molar-refractivity contribution in [2.24, 2.45) is 0 Å². The van der Waals surface area contributed by atoms with Gasteiger partial charge in [0.2, 0.25) is 5.91 Å². The van der Waals surface area contributed by atoms with Gasteiger partial charge in [-0.1, -0.05) is 47.5 Å². The lowest BCUT2D eigenvalue weighted by Crippen LogP contribution is -2.30. The molecule has 2 aromatic rings. The van der Waals surface area contributed by atoms with Crippen LogP contribution in [0.1, 0.15) is 24.0 Å². The van der Waals surface area contributed by atoms with E-state index in [0.29, 0.717) is 23.0 Å². The number of carbonyl (C=O) groups excluding carboxylic acids is 1. The van der Waals surface area contributed by atoms with Crippen LogP contribution in [0.25, 0.3) is 0 Å². The largest absolute Gasteiger partial charge is 0.371 e. The van der Waals surface area contributed by atoms with Crippen molar-refractivity contribution in [3.05, 3.63) is 63.6 Å². The fourth-order valence-electron chi connectivity index (χ4n) is 3.36. The Morgan fingerprint density at radius 3 is 2.54 bits per heavy atom. The number of amides is 1. The summed E-state index contributed by atoms with van der Waals surface area (Å²) in [4.78, 5) is 16.8. The zero-order valence-corrected chi connectivity index (χ0v) is 16.6. The molecular weight excluding hydrogens is 367 g/mol. The van der Waals surface area contributed by atoms with Crippen LogP contribution < -0.4 is 4.90 Å². The lowest BCUT2D eigenvalue weighted by atomic mass is 10.1. The number of likely N-dealkylation sites (N-methyl/N-ethyl adjacent to an activating group) is 1. The second kappa shape index (κ2) is 8.79. The smallest absolute Gasteiger partial charge is 0.226 e. The van der Waals surface area contributed by atoms with Crippen LogP contribution in [0.5, 0.6) is 0 Å². The third-order valence-electron chi connectivity index (χ3n) is 4.92. The van der Waals surface area contributed by atoms with E-state index in [9.17, 15) is 4.79 Å². The van der Waals surface area contributed by atoms with Crippen LogP contribution >= 0.6 is 23.2 Å². The maximum absolute atomic E-state index is 12.5. The van der Waals surface area contributed by atoms with Crippen LogP contribution in [0.4, 0.5) is 5.69 Å². The van der Waals surface area contributed by atoms with Crippen LogP contribution in [0.15, 0.2) is 42.5 Å². The lowest BCUT2D eigenvalue weighted by molar-refractivity contribution is -0.129. The van der Waals surface area contributed by atoms with E-state index in [1.54, 1.807) is 17.0 Å². The first-order chi connectivity index (χ1) is 12.5. The molecule has 0 spiro atoms. The summed E-state index contributed by atoms with van der Waals surface area (Å²) < 4.78 is 0. The minimum atomic E-state index is 0.0852. The van der Waals surface area contributed by atoms with Crippen molar-refractivity contribution >= 4 is 34.8 Å². The molecule has 0 N–H and O–H groups in total. The fraction of sp³-hybridized carbons (Fsp3) is 0.381.